The molecule has 0 saturated heterocycles. The summed E-state index contributed by atoms with van der Waals surface area (Å²) in [6.07, 6.45) is 2.01. The number of hydrogen-bond acceptors (Lipinski definition) is 4. The smallest absolute Gasteiger partial charge is 0.305 e. The van der Waals surface area contributed by atoms with Crippen LogP contribution in [0, 0.1) is 17.6 Å². The van der Waals surface area contributed by atoms with Gasteiger partial charge in [0.15, 0.2) is 9.84 Å². The Morgan fingerprint density at radius 3 is 2.37 bits per heavy atom. The first-order valence-electron chi connectivity index (χ1n) is 9.72. The van der Waals surface area contributed by atoms with E-state index in [1.165, 1.54) is 31.4 Å². The molecule has 0 radical (unpaired) electrons. The molecule has 0 bridgehead atoms. The van der Waals surface area contributed by atoms with E-state index in [0.29, 0.717) is 24.3 Å². The molecule has 1 aliphatic carbocycles. The molecule has 0 aromatic heterocycles. The van der Waals surface area contributed by atoms with Crippen molar-refractivity contribution in [2.24, 2.45) is 5.92 Å². The molecule has 1 aliphatic rings. The van der Waals surface area contributed by atoms with Crippen molar-refractivity contribution >= 4 is 27.4 Å². The Bertz CT molecular complexity index is 1010. The van der Waals surface area contributed by atoms with Gasteiger partial charge in [-0.15, -0.1) is 0 Å². The highest BCUT2D eigenvalue weighted by atomic mass is 35.5. The molecule has 8 heteroatoms. The number of hydrogen-bond donors (Lipinski definition) is 0. The van der Waals surface area contributed by atoms with E-state index in [1.807, 2.05) is 0 Å². The lowest BCUT2D eigenvalue weighted by atomic mass is 9.76. The van der Waals surface area contributed by atoms with Crippen LogP contribution in [-0.2, 0) is 24.1 Å². The van der Waals surface area contributed by atoms with Crippen molar-refractivity contribution in [1.29, 1.82) is 0 Å². The van der Waals surface area contributed by atoms with Gasteiger partial charge in [0.1, 0.15) is 16.4 Å². The van der Waals surface area contributed by atoms with E-state index in [9.17, 15) is 22.0 Å². The Morgan fingerprint density at radius 2 is 1.77 bits per heavy atom. The number of halogens is 3. The molecule has 0 heterocycles. The molecule has 162 valence electrons. The molecule has 0 unspecified atom stereocenters. The Labute approximate surface area is 180 Å². The van der Waals surface area contributed by atoms with Crippen LogP contribution in [0.1, 0.15) is 44.1 Å². The predicted octanol–water partition coefficient (Wildman–Crippen LogP) is 5.43. The van der Waals surface area contributed by atoms with Crippen molar-refractivity contribution in [3.8, 4) is 0 Å². The standard InChI is InChI=1S/C22H23ClF2O4S/c1-29-21(26)9-2-15-10-12-22(13-11-15,19-14-17(24)5-8-20(19)25)30(27,28)18-6-3-16(23)4-7-18/h3-8,14-15H,2,9-13H2,1H3. The Morgan fingerprint density at radius 1 is 1.13 bits per heavy atom. The van der Waals surface area contributed by atoms with Gasteiger partial charge in [0.2, 0.25) is 0 Å². The summed E-state index contributed by atoms with van der Waals surface area (Å²) in [7, 11) is -2.73. The molecular formula is C22H23ClF2O4S. The number of methoxy groups -OCH3 is 1. The van der Waals surface area contributed by atoms with Crippen LogP contribution < -0.4 is 0 Å². The lowest BCUT2D eigenvalue weighted by Gasteiger charge is -2.40. The first-order valence-corrected chi connectivity index (χ1v) is 11.6. The van der Waals surface area contributed by atoms with Crippen LogP contribution >= 0.6 is 11.6 Å². The van der Waals surface area contributed by atoms with Gasteiger partial charge in [-0.2, -0.15) is 0 Å². The van der Waals surface area contributed by atoms with Crippen LogP contribution in [-0.4, -0.2) is 21.5 Å². The summed E-state index contributed by atoms with van der Waals surface area (Å²) in [4.78, 5) is 11.5. The van der Waals surface area contributed by atoms with Crippen molar-refractivity contribution in [1.82, 2.24) is 0 Å². The number of carbonyl (C=O) groups is 1. The van der Waals surface area contributed by atoms with Crippen LogP contribution in [0.25, 0.3) is 0 Å². The van der Waals surface area contributed by atoms with Gasteiger partial charge in [-0.3, -0.25) is 4.79 Å². The Balaban J connectivity index is 2.00. The fourth-order valence-corrected chi connectivity index (χ4v) is 6.52. The normalized spacial score (nSPS) is 21.9. The minimum atomic E-state index is -4.05. The molecule has 0 spiro atoms. The van der Waals surface area contributed by atoms with E-state index in [1.54, 1.807) is 0 Å². The van der Waals surface area contributed by atoms with Gasteiger partial charge in [0.25, 0.3) is 0 Å². The van der Waals surface area contributed by atoms with Crippen molar-refractivity contribution in [3.63, 3.8) is 0 Å². The maximum Gasteiger partial charge on any atom is 0.305 e. The first kappa shape index (κ1) is 22.7. The highest BCUT2D eigenvalue weighted by molar-refractivity contribution is 7.92. The van der Waals surface area contributed by atoms with E-state index < -0.39 is 26.2 Å². The molecule has 30 heavy (non-hydrogen) atoms. The fraction of sp³-hybridized carbons (Fsp3) is 0.409. The summed E-state index contributed by atoms with van der Waals surface area (Å²) >= 11 is 5.89. The molecule has 1 fully saturated rings. The maximum absolute atomic E-state index is 14.8. The van der Waals surface area contributed by atoms with Crippen LogP contribution in [0.2, 0.25) is 5.02 Å². The van der Waals surface area contributed by atoms with Gasteiger partial charge >= 0.3 is 5.97 Å². The molecule has 2 aromatic rings. The topological polar surface area (TPSA) is 60.4 Å². The van der Waals surface area contributed by atoms with E-state index in [-0.39, 0.29) is 41.6 Å². The highest BCUT2D eigenvalue weighted by Crippen LogP contribution is 2.50. The molecule has 0 N–H and O–H groups in total. The van der Waals surface area contributed by atoms with E-state index in [4.69, 9.17) is 11.6 Å². The minimum absolute atomic E-state index is 0.0172. The molecule has 2 aromatic carbocycles. The molecule has 0 aliphatic heterocycles. The average Bonchev–Trinajstić information content (AvgIpc) is 2.74. The number of carbonyl (C=O) groups excluding carboxylic acids is 1. The highest BCUT2D eigenvalue weighted by Gasteiger charge is 2.49. The molecular weight excluding hydrogens is 434 g/mol. The SMILES string of the molecule is COC(=O)CCC1CCC(c2cc(F)ccc2F)(S(=O)(=O)c2ccc(Cl)cc2)CC1. The van der Waals surface area contributed by atoms with Crippen LogP contribution in [0.3, 0.4) is 0 Å². The van der Waals surface area contributed by atoms with E-state index >= 15 is 0 Å². The number of benzene rings is 2. The van der Waals surface area contributed by atoms with E-state index in [2.05, 4.69) is 4.74 Å². The van der Waals surface area contributed by atoms with Gasteiger partial charge in [0, 0.05) is 17.0 Å². The van der Waals surface area contributed by atoms with Gasteiger partial charge in [0.05, 0.1) is 12.0 Å². The third-order valence-corrected chi connectivity index (χ3v) is 8.76. The summed E-state index contributed by atoms with van der Waals surface area (Å²) < 4.78 is 59.3. The Hall–Kier alpha value is -1.99. The van der Waals surface area contributed by atoms with Crippen LogP contribution in [0.4, 0.5) is 8.78 Å². The first-order chi connectivity index (χ1) is 14.2. The molecule has 0 amide bonds. The van der Waals surface area contributed by atoms with Gasteiger partial charge < -0.3 is 4.74 Å². The zero-order chi connectivity index (χ0) is 21.9. The fourth-order valence-electron chi connectivity index (χ4n) is 4.23. The molecule has 0 atom stereocenters. The quantitative estimate of drug-likeness (QED) is 0.544. The van der Waals surface area contributed by atoms with E-state index in [0.717, 1.165) is 18.2 Å². The number of sulfone groups is 1. The minimum Gasteiger partial charge on any atom is -0.469 e. The average molecular weight is 457 g/mol. The second-order valence-corrected chi connectivity index (χ2v) is 10.3. The van der Waals surface area contributed by atoms with Crippen LogP contribution in [0.15, 0.2) is 47.4 Å². The molecule has 4 nitrogen and oxygen atoms in total. The summed E-state index contributed by atoms with van der Waals surface area (Å²) in [5, 5.41) is 0.381. The summed E-state index contributed by atoms with van der Waals surface area (Å²) in [5.41, 5.74) is -0.149. The summed E-state index contributed by atoms with van der Waals surface area (Å²) in [6, 6.07) is 8.63. The predicted molar refractivity (Wildman–Crippen MR) is 110 cm³/mol. The lowest BCUT2D eigenvalue weighted by Crippen LogP contribution is -2.40. The molecule has 1 saturated carbocycles. The Kier molecular flexibility index (Phi) is 6.82. The summed E-state index contributed by atoms with van der Waals surface area (Å²) in [5.74, 6) is -1.65. The van der Waals surface area contributed by atoms with Gasteiger partial charge in [-0.05, 0) is 80.5 Å². The second kappa shape index (κ2) is 9.02. The maximum atomic E-state index is 14.8. The third-order valence-electron chi connectivity index (χ3n) is 5.95. The largest absolute Gasteiger partial charge is 0.469 e. The third kappa shape index (κ3) is 4.37. The zero-order valence-corrected chi connectivity index (χ0v) is 18.1. The van der Waals surface area contributed by atoms with Gasteiger partial charge in [-0.1, -0.05) is 11.6 Å². The van der Waals surface area contributed by atoms with Crippen molar-refractivity contribution in [3.05, 3.63) is 64.7 Å². The molecule has 3 rings (SSSR count). The number of ether oxygens (including phenoxy) is 1. The van der Waals surface area contributed by atoms with Crippen LogP contribution in [0.5, 0.6) is 0 Å². The van der Waals surface area contributed by atoms with Crippen molar-refractivity contribution in [2.75, 3.05) is 7.11 Å². The van der Waals surface area contributed by atoms with Gasteiger partial charge in [-0.25, -0.2) is 17.2 Å². The number of esters is 1. The number of rotatable bonds is 6. The lowest BCUT2D eigenvalue weighted by molar-refractivity contribution is -0.141. The zero-order valence-electron chi connectivity index (χ0n) is 16.5. The van der Waals surface area contributed by atoms with Crippen molar-refractivity contribution < 1.29 is 26.7 Å². The summed E-state index contributed by atoms with van der Waals surface area (Å²) in [6.45, 7) is 0. The second-order valence-electron chi connectivity index (χ2n) is 7.63. The van der Waals surface area contributed by atoms with Crippen molar-refractivity contribution in [2.45, 2.75) is 48.2 Å². The monoisotopic (exact) mass is 456 g/mol.